The Morgan fingerprint density at radius 3 is 2.60 bits per heavy atom. The number of amides is 1. The van der Waals surface area contributed by atoms with Gasteiger partial charge in [0.1, 0.15) is 0 Å². The molecule has 3 nitrogen and oxygen atoms in total. The summed E-state index contributed by atoms with van der Waals surface area (Å²) in [5.74, 6) is -0.00656. The Balaban J connectivity index is 2.57. The van der Waals surface area contributed by atoms with Crippen molar-refractivity contribution in [1.82, 2.24) is 5.32 Å². The number of hydrogen-bond donors (Lipinski definition) is 2. The van der Waals surface area contributed by atoms with E-state index in [0.717, 1.165) is 10.0 Å². The number of nitrogens with one attached hydrogen (secondary N) is 1. The maximum Gasteiger partial charge on any atom is 0.221 e. The molecule has 0 unspecified atom stereocenters. The second-order valence-electron chi connectivity index (χ2n) is 3.38. The predicted molar refractivity (Wildman–Crippen MR) is 64.4 cm³/mol. The lowest BCUT2D eigenvalue weighted by Crippen LogP contribution is -2.28. The molecule has 0 aliphatic carbocycles. The summed E-state index contributed by atoms with van der Waals surface area (Å²) >= 11 is 3.37. The Bertz CT molecular complexity index is 324. The molecule has 0 radical (unpaired) electrons. The molecule has 0 heterocycles. The molecule has 1 aromatic carbocycles. The van der Waals surface area contributed by atoms with E-state index < -0.39 is 0 Å². The molecule has 0 saturated carbocycles. The molecule has 4 heteroatoms. The van der Waals surface area contributed by atoms with Gasteiger partial charge in [-0.3, -0.25) is 4.79 Å². The van der Waals surface area contributed by atoms with Crippen LogP contribution in [-0.2, 0) is 4.79 Å². The van der Waals surface area contributed by atoms with E-state index in [-0.39, 0.29) is 11.9 Å². The van der Waals surface area contributed by atoms with Crippen molar-refractivity contribution in [2.24, 2.45) is 5.73 Å². The molecule has 1 amide bonds. The number of rotatable bonds is 4. The highest BCUT2D eigenvalue weighted by atomic mass is 79.9. The maximum absolute atomic E-state index is 11.3. The largest absolute Gasteiger partial charge is 0.350 e. The molecule has 3 N–H and O–H groups in total. The SMILES string of the molecule is C[C@@H](NC(=O)CCN)c1ccc(Br)cc1. The van der Waals surface area contributed by atoms with E-state index in [4.69, 9.17) is 5.73 Å². The van der Waals surface area contributed by atoms with Crippen molar-refractivity contribution in [3.05, 3.63) is 34.3 Å². The fraction of sp³-hybridized carbons (Fsp3) is 0.364. The Morgan fingerprint density at radius 1 is 1.47 bits per heavy atom. The van der Waals surface area contributed by atoms with Gasteiger partial charge in [0.05, 0.1) is 6.04 Å². The minimum absolute atomic E-state index is 0.00656. The summed E-state index contributed by atoms with van der Waals surface area (Å²) in [6, 6.07) is 7.91. The van der Waals surface area contributed by atoms with E-state index in [0.29, 0.717) is 13.0 Å². The van der Waals surface area contributed by atoms with Crippen LogP contribution >= 0.6 is 15.9 Å². The molecular weight excluding hydrogens is 256 g/mol. The van der Waals surface area contributed by atoms with Gasteiger partial charge in [-0.15, -0.1) is 0 Å². The summed E-state index contributed by atoms with van der Waals surface area (Å²) in [5, 5.41) is 2.88. The lowest BCUT2D eigenvalue weighted by Gasteiger charge is -2.13. The minimum Gasteiger partial charge on any atom is -0.350 e. The van der Waals surface area contributed by atoms with Crippen molar-refractivity contribution in [3.8, 4) is 0 Å². The zero-order chi connectivity index (χ0) is 11.3. The minimum atomic E-state index is -0.00656. The normalized spacial score (nSPS) is 12.2. The van der Waals surface area contributed by atoms with Crippen LogP contribution in [0.25, 0.3) is 0 Å². The van der Waals surface area contributed by atoms with Gasteiger partial charge < -0.3 is 11.1 Å². The molecule has 82 valence electrons. The second kappa shape index (κ2) is 5.88. The first-order chi connectivity index (χ1) is 7.13. The van der Waals surface area contributed by atoms with E-state index in [1.165, 1.54) is 0 Å². The van der Waals surface area contributed by atoms with Crippen LogP contribution in [0.1, 0.15) is 24.9 Å². The molecule has 0 aliphatic rings. The highest BCUT2D eigenvalue weighted by molar-refractivity contribution is 9.10. The zero-order valence-corrected chi connectivity index (χ0v) is 10.3. The van der Waals surface area contributed by atoms with Gasteiger partial charge in [-0.05, 0) is 24.6 Å². The lowest BCUT2D eigenvalue weighted by molar-refractivity contribution is -0.121. The smallest absolute Gasteiger partial charge is 0.221 e. The van der Waals surface area contributed by atoms with Gasteiger partial charge in [-0.1, -0.05) is 28.1 Å². The van der Waals surface area contributed by atoms with Crippen molar-refractivity contribution in [3.63, 3.8) is 0 Å². The number of nitrogens with two attached hydrogens (primary N) is 1. The number of hydrogen-bond acceptors (Lipinski definition) is 2. The Hall–Kier alpha value is -0.870. The summed E-state index contributed by atoms with van der Waals surface area (Å²) in [7, 11) is 0. The first kappa shape index (κ1) is 12.2. The molecule has 0 spiro atoms. The first-order valence-corrected chi connectivity index (χ1v) is 5.67. The second-order valence-corrected chi connectivity index (χ2v) is 4.30. The molecule has 0 bridgehead atoms. The summed E-state index contributed by atoms with van der Waals surface area (Å²) in [6.07, 6.45) is 0.376. The molecule has 1 aromatic rings. The highest BCUT2D eigenvalue weighted by Crippen LogP contribution is 2.16. The predicted octanol–water partition coefficient (Wildman–Crippen LogP) is 1.98. The molecule has 0 aromatic heterocycles. The van der Waals surface area contributed by atoms with Gasteiger partial charge in [-0.25, -0.2) is 0 Å². The monoisotopic (exact) mass is 270 g/mol. The van der Waals surface area contributed by atoms with Crippen LogP contribution in [0.3, 0.4) is 0 Å². The third kappa shape index (κ3) is 4.01. The van der Waals surface area contributed by atoms with Crippen LogP contribution in [0.2, 0.25) is 0 Å². The van der Waals surface area contributed by atoms with E-state index >= 15 is 0 Å². The zero-order valence-electron chi connectivity index (χ0n) is 8.66. The molecular formula is C11H15BrN2O. The molecule has 15 heavy (non-hydrogen) atoms. The van der Waals surface area contributed by atoms with Crippen molar-refractivity contribution >= 4 is 21.8 Å². The standard InChI is InChI=1S/C11H15BrN2O/c1-8(14-11(15)6-7-13)9-2-4-10(12)5-3-9/h2-5,8H,6-7,13H2,1H3,(H,14,15)/t8-/m1/s1. The summed E-state index contributed by atoms with van der Waals surface area (Å²) in [6.45, 7) is 2.34. The Kier molecular flexibility index (Phi) is 4.78. The van der Waals surface area contributed by atoms with Crippen LogP contribution < -0.4 is 11.1 Å². The lowest BCUT2D eigenvalue weighted by atomic mass is 10.1. The maximum atomic E-state index is 11.3. The van der Waals surface area contributed by atoms with E-state index in [2.05, 4.69) is 21.2 Å². The van der Waals surface area contributed by atoms with E-state index in [1.54, 1.807) is 0 Å². The molecule has 0 fully saturated rings. The summed E-state index contributed by atoms with van der Waals surface area (Å²) < 4.78 is 1.03. The van der Waals surface area contributed by atoms with Gasteiger partial charge in [0.15, 0.2) is 0 Å². The number of benzene rings is 1. The molecule has 1 rings (SSSR count). The number of halogens is 1. The quantitative estimate of drug-likeness (QED) is 0.879. The summed E-state index contributed by atoms with van der Waals surface area (Å²) in [5.41, 5.74) is 6.38. The van der Waals surface area contributed by atoms with Gasteiger partial charge in [0.2, 0.25) is 5.91 Å². The first-order valence-electron chi connectivity index (χ1n) is 4.88. The van der Waals surface area contributed by atoms with Gasteiger partial charge in [-0.2, -0.15) is 0 Å². The third-order valence-corrected chi connectivity index (χ3v) is 2.65. The molecule has 0 saturated heterocycles. The van der Waals surface area contributed by atoms with Crippen molar-refractivity contribution < 1.29 is 4.79 Å². The van der Waals surface area contributed by atoms with Crippen LogP contribution in [0.15, 0.2) is 28.7 Å². The fourth-order valence-electron chi connectivity index (χ4n) is 1.28. The van der Waals surface area contributed by atoms with Crippen LogP contribution in [0.4, 0.5) is 0 Å². The summed E-state index contributed by atoms with van der Waals surface area (Å²) in [4.78, 5) is 11.3. The van der Waals surface area contributed by atoms with Crippen molar-refractivity contribution in [2.75, 3.05) is 6.54 Å². The van der Waals surface area contributed by atoms with E-state index in [9.17, 15) is 4.79 Å². The van der Waals surface area contributed by atoms with Crippen molar-refractivity contribution in [2.45, 2.75) is 19.4 Å². The van der Waals surface area contributed by atoms with Gasteiger partial charge >= 0.3 is 0 Å². The van der Waals surface area contributed by atoms with Crippen LogP contribution in [0.5, 0.6) is 0 Å². The topological polar surface area (TPSA) is 55.1 Å². The average molecular weight is 271 g/mol. The number of carbonyl (C=O) groups excluding carboxylic acids is 1. The van der Waals surface area contributed by atoms with Crippen molar-refractivity contribution in [1.29, 1.82) is 0 Å². The highest BCUT2D eigenvalue weighted by Gasteiger charge is 2.08. The Labute approximate surface area is 98.2 Å². The third-order valence-electron chi connectivity index (χ3n) is 2.12. The van der Waals surface area contributed by atoms with Gasteiger partial charge in [0.25, 0.3) is 0 Å². The number of carbonyl (C=O) groups is 1. The molecule has 0 aliphatic heterocycles. The molecule has 1 atom stereocenters. The van der Waals surface area contributed by atoms with Crippen LogP contribution in [0, 0.1) is 0 Å². The van der Waals surface area contributed by atoms with Crippen LogP contribution in [-0.4, -0.2) is 12.5 Å². The van der Waals surface area contributed by atoms with Gasteiger partial charge in [0, 0.05) is 17.4 Å². The average Bonchev–Trinajstić information content (AvgIpc) is 2.18. The Morgan fingerprint density at radius 2 is 2.07 bits per heavy atom. The van der Waals surface area contributed by atoms with E-state index in [1.807, 2.05) is 31.2 Å². The fourth-order valence-corrected chi connectivity index (χ4v) is 1.54.